The first-order chi connectivity index (χ1) is 12.6. The lowest BCUT2D eigenvalue weighted by Crippen LogP contribution is -2.45. The third-order valence-electron chi connectivity index (χ3n) is 6.14. The van der Waals surface area contributed by atoms with Crippen molar-refractivity contribution in [3.05, 3.63) is 28.8 Å². The van der Waals surface area contributed by atoms with E-state index < -0.39 is 0 Å². The number of benzene rings is 1. The molecule has 1 aromatic rings. The van der Waals surface area contributed by atoms with Crippen LogP contribution in [-0.2, 0) is 4.74 Å². The maximum atomic E-state index is 6.30. The molecule has 146 valence electrons. The van der Waals surface area contributed by atoms with Crippen molar-refractivity contribution >= 4 is 17.3 Å². The van der Waals surface area contributed by atoms with Gasteiger partial charge in [-0.1, -0.05) is 17.7 Å². The fourth-order valence-corrected chi connectivity index (χ4v) is 4.56. The minimum atomic E-state index is 0.709. The average molecular weight is 380 g/mol. The molecule has 0 radical (unpaired) electrons. The summed E-state index contributed by atoms with van der Waals surface area (Å²) in [6, 6.07) is 7.16. The van der Waals surface area contributed by atoms with Crippen LogP contribution in [0.2, 0.25) is 5.02 Å². The van der Waals surface area contributed by atoms with Crippen molar-refractivity contribution in [3.63, 3.8) is 0 Å². The van der Waals surface area contributed by atoms with Gasteiger partial charge in [0.05, 0.1) is 6.61 Å². The second-order valence-corrected chi connectivity index (χ2v) is 8.45. The van der Waals surface area contributed by atoms with Crippen LogP contribution < -0.4 is 4.90 Å². The van der Waals surface area contributed by atoms with E-state index >= 15 is 0 Å². The van der Waals surface area contributed by atoms with Crippen LogP contribution in [0.4, 0.5) is 5.69 Å². The lowest BCUT2D eigenvalue weighted by Gasteiger charge is -2.38. The molecular formula is C21H34ClN3O. The molecule has 3 rings (SSSR count). The zero-order chi connectivity index (χ0) is 18.5. The number of halogens is 1. The normalized spacial score (nSPS) is 22.5. The standard InChI is InChI=1S/C21H34ClN3O/c1-17-4-5-20(14-21(17)22)25-10-7-19(8-11-25)23(2)15-18-6-9-24(16-18)12-13-26-3/h4-5,14,18-19H,6-13,15-16H2,1-3H3. The predicted molar refractivity (Wildman–Crippen MR) is 110 cm³/mol. The Bertz CT molecular complexity index is 574. The highest BCUT2D eigenvalue weighted by Crippen LogP contribution is 2.27. The number of anilines is 1. The van der Waals surface area contributed by atoms with Crippen LogP contribution >= 0.6 is 11.6 Å². The smallest absolute Gasteiger partial charge is 0.0589 e. The Morgan fingerprint density at radius 3 is 2.65 bits per heavy atom. The molecule has 0 N–H and O–H groups in total. The van der Waals surface area contributed by atoms with Crippen LogP contribution in [-0.4, -0.2) is 75.9 Å². The van der Waals surface area contributed by atoms with Crippen molar-refractivity contribution in [1.29, 1.82) is 0 Å². The van der Waals surface area contributed by atoms with Crippen molar-refractivity contribution in [3.8, 4) is 0 Å². The Kier molecular flexibility index (Phi) is 7.21. The molecule has 0 aliphatic carbocycles. The molecule has 4 nitrogen and oxygen atoms in total. The molecule has 0 aromatic heterocycles. The highest BCUT2D eigenvalue weighted by molar-refractivity contribution is 6.31. The van der Waals surface area contributed by atoms with Gasteiger partial charge in [0.1, 0.15) is 0 Å². The van der Waals surface area contributed by atoms with Gasteiger partial charge >= 0.3 is 0 Å². The molecule has 1 atom stereocenters. The number of hydrogen-bond donors (Lipinski definition) is 0. The van der Waals surface area contributed by atoms with E-state index in [4.69, 9.17) is 16.3 Å². The van der Waals surface area contributed by atoms with E-state index in [1.165, 1.54) is 44.6 Å². The van der Waals surface area contributed by atoms with Crippen LogP contribution in [0.3, 0.4) is 0 Å². The average Bonchev–Trinajstić information content (AvgIpc) is 3.09. The Morgan fingerprint density at radius 1 is 1.19 bits per heavy atom. The van der Waals surface area contributed by atoms with Gasteiger partial charge < -0.3 is 19.4 Å². The molecule has 0 spiro atoms. The van der Waals surface area contributed by atoms with E-state index in [0.29, 0.717) is 6.04 Å². The van der Waals surface area contributed by atoms with E-state index in [-0.39, 0.29) is 0 Å². The van der Waals surface area contributed by atoms with Crippen molar-refractivity contribution in [2.24, 2.45) is 5.92 Å². The van der Waals surface area contributed by atoms with Gasteiger partial charge in [0.25, 0.3) is 0 Å². The summed E-state index contributed by atoms with van der Waals surface area (Å²) >= 11 is 6.30. The third-order valence-corrected chi connectivity index (χ3v) is 6.54. The maximum Gasteiger partial charge on any atom is 0.0589 e. The molecule has 26 heavy (non-hydrogen) atoms. The molecule has 2 heterocycles. The number of rotatable bonds is 7. The quantitative estimate of drug-likeness (QED) is 0.721. The number of methoxy groups -OCH3 is 1. The van der Waals surface area contributed by atoms with E-state index in [1.807, 2.05) is 0 Å². The SMILES string of the molecule is COCCN1CCC(CN(C)C2CCN(c3ccc(C)c(Cl)c3)CC2)C1. The van der Waals surface area contributed by atoms with Crippen molar-refractivity contribution in [2.75, 3.05) is 64.9 Å². The summed E-state index contributed by atoms with van der Waals surface area (Å²) in [5, 5.41) is 0.876. The zero-order valence-corrected chi connectivity index (χ0v) is 17.3. The van der Waals surface area contributed by atoms with Crippen molar-refractivity contribution in [2.45, 2.75) is 32.2 Å². The molecule has 0 amide bonds. The van der Waals surface area contributed by atoms with Crippen LogP contribution in [0.5, 0.6) is 0 Å². The molecule has 2 saturated heterocycles. The molecule has 2 aliphatic heterocycles. The first-order valence-electron chi connectivity index (χ1n) is 9.99. The summed E-state index contributed by atoms with van der Waals surface area (Å²) in [5.41, 5.74) is 2.42. The number of ether oxygens (including phenoxy) is 1. The summed E-state index contributed by atoms with van der Waals surface area (Å²) in [6.45, 7) is 9.93. The van der Waals surface area contributed by atoms with Crippen LogP contribution in [0.25, 0.3) is 0 Å². The van der Waals surface area contributed by atoms with Crippen LogP contribution in [0.15, 0.2) is 18.2 Å². The minimum Gasteiger partial charge on any atom is -0.383 e. The van der Waals surface area contributed by atoms with Gasteiger partial charge in [-0.2, -0.15) is 0 Å². The summed E-state index contributed by atoms with van der Waals surface area (Å²) in [5.74, 6) is 0.811. The molecule has 0 saturated carbocycles. The molecule has 2 fully saturated rings. The van der Waals surface area contributed by atoms with E-state index in [9.17, 15) is 0 Å². The van der Waals surface area contributed by atoms with Gasteiger partial charge in [0.15, 0.2) is 0 Å². The lowest BCUT2D eigenvalue weighted by atomic mass is 10.0. The first-order valence-corrected chi connectivity index (χ1v) is 10.4. The highest BCUT2D eigenvalue weighted by atomic mass is 35.5. The number of nitrogens with zero attached hydrogens (tertiary/aromatic N) is 3. The summed E-state index contributed by atoms with van der Waals surface area (Å²) in [4.78, 5) is 7.65. The summed E-state index contributed by atoms with van der Waals surface area (Å²) in [6.07, 6.45) is 3.80. The third kappa shape index (κ3) is 5.13. The molecule has 5 heteroatoms. The minimum absolute atomic E-state index is 0.709. The van der Waals surface area contributed by atoms with E-state index in [2.05, 4.69) is 46.9 Å². The predicted octanol–water partition coefficient (Wildman–Crippen LogP) is 3.52. The Hall–Kier alpha value is -0.810. The fraction of sp³-hybridized carbons (Fsp3) is 0.714. The van der Waals surface area contributed by atoms with Gasteiger partial charge in [-0.25, -0.2) is 0 Å². The van der Waals surface area contributed by atoms with E-state index in [1.54, 1.807) is 7.11 Å². The number of likely N-dealkylation sites (tertiary alicyclic amines) is 1. The monoisotopic (exact) mass is 379 g/mol. The van der Waals surface area contributed by atoms with Crippen LogP contribution in [0, 0.1) is 12.8 Å². The van der Waals surface area contributed by atoms with Gasteiger partial charge in [0, 0.05) is 56.6 Å². The zero-order valence-electron chi connectivity index (χ0n) is 16.6. The van der Waals surface area contributed by atoms with Gasteiger partial charge in [0.2, 0.25) is 0 Å². The largest absolute Gasteiger partial charge is 0.383 e. The molecule has 2 aliphatic rings. The summed E-state index contributed by atoms with van der Waals surface area (Å²) < 4.78 is 5.21. The molecule has 1 unspecified atom stereocenters. The van der Waals surface area contributed by atoms with E-state index in [0.717, 1.165) is 42.7 Å². The highest BCUT2D eigenvalue weighted by Gasteiger charge is 2.27. The Morgan fingerprint density at radius 2 is 1.96 bits per heavy atom. The van der Waals surface area contributed by atoms with Crippen molar-refractivity contribution < 1.29 is 4.74 Å². The first kappa shape index (κ1) is 19.9. The topological polar surface area (TPSA) is 19.0 Å². The summed E-state index contributed by atoms with van der Waals surface area (Å²) in [7, 11) is 4.11. The molecule has 0 bridgehead atoms. The fourth-order valence-electron chi connectivity index (χ4n) is 4.39. The second-order valence-electron chi connectivity index (χ2n) is 8.04. The van der Waals surface area contributed by atoms with Gasteiger partial charge in [-0.05, 0) is 63.4 Å². The molecule has 1 aromatic carbocycles. The second kappa shape index (κ2) is 9.41. The maximum absolute atomic E-state index is 6.30. The number of hydrogen-bond acceptors (Lipinski definition) is 4. The van der Waals surface area contributed by atoms with Gasteiger partial charge in [-0.15, -0.1) is 0 Å². The van der Waals surface area contributed by atoms with Gasteiger partial charge in [-0.3, -0.25) is 0 Å². The van der Waals surface area contributed by atoms with Crippen molar-refractivity contribution in [1.82, 2.24) is 9.80 Å². The Balaban J connectivity index is 1.43. The molecular weight excluding hydrogens is 346 g/mol. The lowest BCUT2D eigenvalue weighted by molar-refractivity contribution is 0.151. The number of piperidine rings is 1. The number of aryl methyl sites for hydroxylation is 1. The van der Waals surface area contributed by atoms with Crippen LogP contribution in [0.1, 0.15) is 24.8 Å². The Labute approximate surface area is 164 Å².